The van der Waals surface area contributed by atoms with Gasteiger partial charge >= 0.3 is 18.0 Å². The normalized spacial score (nSPS) is 19.3. The number of ether oxygens (including phenoxy) is 3. The quantitative estimate of drug-likeness (QED) is 0.383. The number of hydrogen-bond donors (Lipinski definition) is 0. The molecule has 1 aliphatic heterocycles. The van der Waals surface area contributed by atoms with Crippen molar-refractivity contribution in [3.8, 4) is 0 Å². The van der Waals surface area contributed by atoms with Crippen LogP contribution < -0.4 is 0 Å². The predicted octanol–water partition coefficient (Wildman–Crippen LogP) is -0.291. The topological polar surface area (TPSA) is 82.1 Å². The standard InChI is InChI=1S/C10H13NO6/c1-11-5-7(17-10(11)14)6-16-9(13)4-3-8(12)15-2/h3-4,7H,5-6H2,1-2H3/b4-3+/t7-/m1/s1. The van der Waals surface area contributed by atoms with E-state index in [0.717, 1.165) is 12.2 Å². The summed E-state index contributed by atoms with van der Waals surface area (Å²) in [5, 5.41) is 0. The number of cyclic esters (lactones) is 1. The van der Waals surface area contributed by atoms with Crippen molar-refractivity contribution in [3.05, 3.63) is 12.2 Å². The molecule has 1 aliphatic rings. The van der Waals surface area contributed by atoms with Crippen LogP contribution in [0.5, 0.6) is 0 Å². The van der Waals surface area contributed by atoms with Crippen molar-refractivity contribution in [3.63, 3.8) is 0 Å². The molecule has 17 heavy (non-hydrogen) atoms. The average molecular weight is 243 g/mol. The minimum absolute atomic E-state index is 0.0412. The third kappa shape index (κ3) is 4.13. The monoisotopic (exact) mass is 243 g/mol. The highest BCUT2D eigenvalue weighted by Gasteiger charge is 2.28. The number of likely N-dealkylation sites (N-methyl/N-ethyl adjacent to an activating group) is 1. The Bertz CT molecular complexity index is 351. The van der Waals surface area contributed by atoms with E-state index >= 15 is 0 Å². The van der Waals surface area contributed by atoms with Crippen molar-refractivity contribution in [1.29, 1.82) is 0 Å². The summed E-state index contributed by atoms with van der Waals surface area (Å²) in [5.74, 6) is -1.34. The number of carbonyl (C=O) groups excluding carboxylic acids is 3. The van der Waals surface area contributed by atoms with Crippen molar-refractivity contribution in [1.82, 2.24) is 4.90 Å². The lowest BCUT2D eigenvalue weighted by Gasteiger charge is -2.07. The number of amides is 1. The Morgan fingerprint density at radius 3 is 2.65 bits per heavy atom. The van der Waals surface area contributed by atoms with Crippen molar-refractivity contribution in [2.75, 3.05) is 27.3 Å². The molecule has 0 saturated carbocycles. The average Bonchev–Trinajstić information content (AvgIpc) is 2.63. The third-order valence-electron chi connectivity index (χ3n) is 2.02. The molecule has 1 amide bonds. The van der Waals surface area contributed by atoms with Crippen LogP contribution in [0.25, 0.3) is 0 Å². The fourth-order valence-electron chi connectivity index (χ4n) is 1.16. The molecule has 0 aromatic rings. The van der Waals surface area contributed by atoms with Gasteiger partial charge in [0.05, 0.1) is 13.7 Å². The second-order valence-electron chi connectivity index (χ2n) is 3.37. The highest BCUT2D eigenvalue weighted by Crippen LogP contribution is 2.08. The molecule has 0 aromatic heterocycles. The van der Waals surface area contributed by atoms with Crippen LogP contribution in [0, 0.1) is 0 Å². The largest absolute Gasteiger partial charge is 0.466 e. The molecule has 0 spiro atoms. The highest BCUT2D eigenvalue weighted by atomic mass is 16.6. The molecule has 0 N–H and O–H groups in total. The minimum atomic E-state index is -0.694. The van der Waals surface area contributed by atoms with E-state index in [1.807, 2.05) is 0 Å². The number of esters is 2. The summed E-state index contributed by atoms with van der Waals surface area (Å²) in [4.78, 5) is 34.1. The molecule has 7 nitrogen and oxygen atoms in total. The molecule has 1 saturated heterocycles. The van der Waals surface area contributed by atoms with Crippen LogP contribution in [-0.4, -0.2) is 56.3 Å². The second-order valence-corrected chi connectivity index (χ2v) is 3.37. The molecule has 0 aromatic carbocycles. The Labute approximate surface area is 97.9 Å². The van der Waals surface area contributed by atoms with Gasteiger partial charge in [-0.05, 0) is 0 Å². The second kappa shape index (κ2) is 5.88. The van der Waals surface area contributed by atoms with E-state index in [2.05, 4.69) is 4.74 Å². The molecular weight excluding hydrogens is 230 g/mol. The SMILES string of the molecule is COC(=O)/C=C/C(=O)OC[C@H]1CN(C)C(=O)O1. The number of rotatable bonds is 4. The van der Waals surface area contributed by atoms with Gasteiger partial charge in [-0.1, -0.05) is 0 Å². The molecule has 1 fully saturated rings. The highest BCUT2D eigenvalue weighted by molar-refractivity contribution is 5.91. The zero-order valence-electron chi connectivity index (χ0n) is 9.54. The molecule has 7 heteroatoms. The number of hydrogen-bond acceptors (Lipinski definition) is 6. The van der Waals surface area contributed by atoms with Gasteiger partial charge in [-0.2, -0.15) is 0 Å². The summed E-state index contributed by atoms with van der Waals surface area (Å²) < 4.78 is 13.9. The first-order chi connectivity index (χ1) is 8.02. The summed E-state index contributed by atoms with van der Waals surface area (Å²) in [6.07, 6.45) is 0.987. The summed E-state index contributed by atoms with van der Waals surface area (Å²) in [5.41, 5.74) is 0. The Hall–Kier alpha value is -2.05. The zero-order valence-corrected chi connectivity index (χ0v) is 9.54. The van der Waals surface area contributed by atoms with E-state index in [1.165, 1.54) is 12.0 Å². The Morgan fingerprint density at radius 2 is 2.12 bits per heavy atom. The Balaban J connectivity index is 2.27. The van der Waals surface area contributed by atoms with Crippen LogP contribution in [0.3, 0.4) is 0 Å². The van der Waals surface area contributed by atoms with Gasteiger partial charge in [0.25, 0.3) is 0 Å². The maximum Gasteiger partial charge on any atom is 0.410 e. The van der Waals surface area contributed by atoms with E-state index in [4.69, 9.17) is 9.47 Å². The summed E-state index contributed by atoms with van der Waals surface area (Å²) in [6.45, 7) is 0.327. The predicted molar refractivity (Wildman–Crippen MR) is 55.0 cm³/mol. The molecule has 1 heterocycles. The summed E-state index contributed by atoms with van der Waals surface area (Å²) in [6, 6.07) is 0. The van der Waals surface area contributed by atoms with Crippen molar-refractivity contribution in [2.24, 2.45) is 0 Å². The molecule has 0 radical (unpaired) electrons. The fraction of sp³-hybridized carbons (Fsp3) is 0.500. The Morgan fingerprint density at radius 1 is 1.47 bits per heavy atom. The molecule has 94 valence electrons. The van der Waals surface area contributed by atoms with Crippen LogP contribution in [0.4, 0.5) is 4.79 Å². The molecular formula is C10H13NO6. The van der Waals surface area contributed by atoms with Gasteiger partial charge in [-0.25, -0.2) is 14.4 Å². The lowest BCUT2D eigenvalue weighted by atomic mass is 10.4. The first kappa shape index (κ1) is 13.0. The van der Waals surface area contributed by atoms with Gasteiger partial charge in [0, 0.05) is 19.2 Å². The van der Waals surface area contributed by atoms with Crippen molar-refractivity contribution in [2.45, 2.75) is 6.10 Å². The smallest absolute Gasteiger partial charge is 0.410 e. The van der Waals surface area contributed by atoms with Gasteiger partial charge in [0.1, 0.15) is 6.61 Å². The van der Waals surface area contributed by atoms with Crippen LogP contribution >= 0.6 is 0 Å². The van der Waals surface area contributed by atoms with E-state index in [9.17, 15) is 14.4 Å². The zero-order chi connectivity index (χ0) is 12.8. The molecule has 0 aliphatic carbocycles. The number of carbonyl (C=O) groups is 3. The minimum Gasteiger partial charge on any atom is -0.466 e. The van der Waals surface area contributed by atoms with Crippen LogP contribution in [0.1, 0.15) is 0 Å². The van der Waals surface area contributed by atoms with Crippen LogP contribution in [0.2, 0.25) is 0 Å². The van der Waals surface area contributed by atoms with Crippen LogP contribution in [0.15, 0.2) is 12.2 Å². The van der Waals surface area contributed by atoms with Gasteiger partial charge in [-0.3, -0.25) is 0 Å². The lowest BCUT2D eigenvalue weighted by Crippen LogP contribution is -2.23. The fourth-order valence-corrected chi connectivity index (χ4v) is 1.16. The maximum absolute atomic E-state index is 11.1. The van der Waals surface area contributed by atoms with Crippen molar-refractivity contribution >= 4 is 18.0 Å². The van der Waals surface area contributed by atoms with Gasteiger partial charge < -0.3 is 19.1 Å². The van der Waals surface area contributed by atoms with Crippen molar-refractivity contribution < 1.29 is 28.6 Å². The van der Waals surface area contributed by atoms with Gasteiger partial charge in [0.15, 0.2) is 6.10 Å². The molecule has 0 unspecified atom stereocenters. The number of nitrogens with zero attached hydrogens (tertiary/aromatic N) is 1. The summed E-state index contributed by atoms with van der Waals surface area (Å²) in [7, 11) is 2.78. The van der Waals surface area contributed by atoms with Crippen LogP contribution in [-0.2, 0) is 23.8 Å². The molecule has 1 atom stereocenters. The summed E-state index contributed by atoms with van der Waals surface area (Å²) >= 11 is 0. The van der Waals surface area contributed by atoms with E-state index in [-0.39, 0.29) is 6.61 Å². The molecule has 1 rings (SSSR count). The van der Waals surface area contributed by atoms with E-state index in [0.29, 0.717) is 6.54 Å². The first-order valence-electron chi connectivity index (χ1n) is 4.87. The van der Waals surface area contributed by atoms with Gasteiger partial charge in [0.2, 0.25) is 0 Å². The third-order valence-corrected chi connectivity index (χ3v) is 2.02. The Kier molecular flexibility index (Phi) is 4.50. The number of methoxy groups -OCH3 is 1. The first-order valence-corrected chi connectivity index (χ1v) is 4.87. The van der Waals surface area contributed by atoms with E-state index in [1.54, 1.807) is 7.05 Å². The van der Waals surface area contributed by atoms with Gasteiger partial charge in [-0.15, -0.1) is 0 Å². The molecule has 0 bridgehead atoms. The maximum atomic E-state index is 11.1. The van der Waals surface area contributed by atoms with E-state index < -0.39 is 24.1 Å². The lowest BCUT2D eigenvalue weighted by molar-refractivity contribution is -0.141.